The standard InChI is InChI=1S/C32H33ClN8O2/c1-20-15-24(8-7-22(20)18-41-13-11-39(2)12-14-41)36-31(42)26-17-25(9-10-27(26)33)43-32-28-30(40(3)19-35-28)37-29(38-32)21-5-4-6-23(34)16-21/h4-10,15-17,19H,11-14,18,34H2,1-3H3,(H,36,42). The predicted octanol–water partition coefficient (Wildman–Crippen LogP) is 5.37. The first-order valence-electron chi connectivity index (χ1n) is 14.1. The van der Waals surface area contributed by atoms with Gasteiger partial charge in [0.1, 0.15) is 5.75 Å². The van der Waals surface area contributed by atoms with Gasteiger partial charge in [-0.1, -0.05) is 29.8 Å². The number of carbonyl (C=O) groups excluding carboxylic acids is 1. The van der Waals surface area contributed by atoms with E-state index >= 15 is 0 Å². The van der Waals surface area contributed by atoms with Gasteiger partial charge in [0.05, 0.1) is 16.9 Å². The first-order valence-corrected chi connectivity index (χ1v) is 14.5. The summed E-state index contributed by atoms with van der Waals surface area (Å²) in [5.74, 6) is 0.741. The molecule has 2 aromatic heterocycles. The van der Waals surface area contributed by atoms with Gasteiger partial charge in [0.15, 0.2) is 17.0 Å². The lowest BCUT2D eigenvalue weighted by Crippen LogP contribution is -2.43. The van der Waals surface area contributed by atoms with Gasteiger partial charge in [-0.25, -0.2) is 9.97 Å². The molecule has 0 spiro atoms. The lowest BCUT2D eigenvalue weighted by molar-refractivity contribution is 0.102. The Hall–Kier alpha value is -4.51. The van der Waals surface area contributed by atoms with Crippen LogP contribution in [-0.2, 0) is 13.6 Å². The Morgan fingerprint density at radius 3 is 2.60 bits per heavy atom. The van der Waals surface area contributed by atoms with E-state index in [1.165, 1.54) is 5.56 Å². The van der Waals surface area contributed by atoms with Crippen LogP contribution in [0.3, 0.4) is 0 Å². The smallest absolute Gasteiger partial charge is 0.257 e. The molecule has 3 N–H and O–H groups in total. The Bertz CT molecular complexity index is 1810. The number of fused-ring (bicyclic) bond motifs is 1. The second kappa shape index (κ2) is 12.0. The minimum atomic E-state index is -0.340. The van der Waals surface area contributed by atoms with Crippen LogP contribution in [-0.4, -0.2) is 68.5 Å². The number of amides is 1. The molecule has 0 saturated carbocycles. The number of halogens is 1. The fourth-order valence-corrected chi connectivity index (χ4v) is 5.31. The molecule has 0 bridgehead atoms. The van der Waals surface area contributed by atoms with Crippen LogP contribution in [0.5, 0.6) is 11.6 Å². The lowest BCUT2D eigenvalue weighted by Gasteiger charge is -2.32. The number of likely N-dealkylation sites (N-methyl/N-ethyl adjacent to an activating group) is 1. The van der Waals surface area contributed by atoms with E-state index in [-0.39, 0.29) is 17.4 Å². The average Bonchev–Trinajstić information content (AvgIpc) is 3.37. The SMILES string of the molecule is Cc1cc(NC(=O)c2cc(Oc3nc(-c4cccc(N)c4)nc4c3ncn4C)ccc2Cl)ccc1CN1CCN(C)CC1. The number of nitrogens with two attached hydrogens (primary N) is 1. The van der Waals surface area contributed by atoms with E-state index in [1.54, 1.807) is 41.2 Å². The molecule has 43 heavy (non-hydrogen) atoms. The quantitative estimate of drug-likeness (QED) is 0.241. The summed E-state index contributed by atoms with van der Waals surface area (Å²) in [4.78, 5) is 31.9. The highest BCUT2D eigenvalue weighted by Crippen LogP contribution is 2.32. The summed E-state index contributed by atoms with van der Waals surface area (Å²) in [5, 5.41) is 3.29. The highest BCUT2D eigenvalue weighted by Gasteiger charge is 2.19. The van der Waals surface area contributed by atoms with Crippen LogP contribution in [0.25, 0.3) is 22.6 Å². The molecule has 3 aromatic carbocycles. The third-order valence-electron chi connectivity index (χ3n) is 7.66. The van der Waals surface area contributed by atoms with Crippen LogP contribution in [0.1, 0.15) is 21.5 Å². The van der Waals surface area contributed by atoms with Gasteiger partial charge in [-0.05, 0) is 67.6 Å². The zero-order chi connectivity index (χ0) is 30.1. The van der Waals surface area contributed by atoms with Crippen molar-refractivity contribution in [1.82, 2.24) is 29.3 Å². The van der Waals surface area contributed by atoms with E-state index in [0.717, 1.165) is 43.9 Å². The van der Waals surface area contributed by atoms with Gasteiger partial charge in [0.2, 0.25) is 0 Å². The maximum absolute atomic E-state index is 13.4. The number of hydrogen-bond acceptors (Lipinski definition) is 8. The van der Waals surface area contributed by atoms with Crippen molar-refractivity contribution in [3.05, 3.63) is 88.7 Å². The number of rotatable bonds is 7. The van der Waals surface area contributed by atoms with Gasteiger partial charge < -0.3 is 25.3 Å². The number of nitrogen functional groups attached to an aromatic ring is 1. The highest BCUT2D eigenvalue weighted by molar-refractivity contribution is 6.34. The van der Waals surface area contributed by atoms with Crippen LogP contribution in [0.2, 0.25) is 5.02 Å². The molecule has 0 atom stereocenters. The van der Waals surface area contributed by atoms with E-state index in [4.69, 9.17) is 22.1 Å². The van der Waals surface area contributed by atoms with Crippen molar-refractivity contribution in [2.75, 3.05) is 44.3 Å². The van der Waals surface area contributed by atoms with Gasteiger partial charge in [0, 0.05) is 56.7 Å². The number of benzene rings is 3. The summed E-state index contributed by atoms with van der Waals surface area (Å²) in [5.41, 5.74) is 11.8. The molecule has 0 aliphatic carbocycles. The summed E-state index contributed by atoms with van der Waals surface area (Å²) < 4.78 is 7.99. The third kappa shape index (κ3) is 6.31. The van der Waals surface area contributed by atoms with Crippen LogP contribution in [0.4, 0.5) is 11.4 Å². The maximum atomic E-state index is 13.4. The second-order valence-corrected chi connectivity index (χ2v) is 11.3. The number of aromatic nitrogens is 4. The van der Waals surface area contributed by atoms with Crippen molar-refractivity contribution >= 4 is 40.0 Å². The van der Waals surface area contributed by atoms with E-state index < -0.39 is 0 Å². The van der Waals surface area contributed by atoms with E-state index in [9.17, 15) is 4.79 Å². The molecule has 0 unspecified atom stereocenters. The molecular formula is C32H33ClN8O2. The fraction of sp³-hybridized carbons (Fsp3) is 0.250. The predicted molar refractivity (Wildman–Crippen MR) is 170 cm³/mol. The maximum Gasteiger partial charge on any atom is 0.257 e. The molecule has 1 saturated heterocycles. The lowest BCUT2D eigenvalue weighted by atomic mass is 10.1. The number of ether oxygens (including phenoxy) is 1. The molecule has 1 aliphatic heterocycles. The molecule has 6 rings (SSSR count). The molecule has 1 aliphatic rings. The molecule has 11 heteroatoms. The van der Waals surface area contributed by atoms with Crippen LogP contribution in [0.15, 0.2) is 67.0 Å². The first-order chi connectivity index (χ1) is 20.7. The second-order valence-electron chi connectivity index (χ2n) is 10.9. The number of piperazine rings is 1. The first kappa shape index (κ1) is 28.6. The molecule has 0 radical (unpaired) electrons. The van der Waals surface area contributed by atoms with Gasteiger partial charge in [-0.3, -0.25) is 9.69 Å². The molecule has 3 heterocycles. The Morgan fingerprint density at radius 1 is 1.02 bits per heavy atom. The molecule has 1 amide bonds. The number of nitrogens with zero attached hydrogens (tertiary/aromatic N) is 6. The fourth-order valence-electron chi connectivity index (χ4n) is 5.11. The summed E-state index contributed by atoms with van der Waals surface area (Å²) in [6, 6.07) is 18.2. The third-order valence-corrected chi connectivity index (χ3v) is 7.99. The van der Waals surface area contributed by atoms with Gasteiger partial charge in [-0.15, -0.1) is 0 Å². The number of imidazole rings is 1. The summed E-state index contributed by atoms with van der Waals surface area (Å²) in [6.45, 7) is 7.21. The van der Waals surface area contributed by atoms with Crippen molar-refractivity contribution in [3.8, 4) is 23.0 Å². The number of anilines is 2. The normalized spacial score (nSPS) is 14.2. The Labute approximate surface area is 255 Å². The van der Waals surface area contributed by atoms with Crippen molar-refractivity contribution in [2.24, 2.45) is 7.05 Å². The zero-order valence-corrected chi connectivity index (χ0v) is 25.1. The largest absolute Gasteiger partial charge is 0.437 e. The van der Waals surface area contributed by atoms with Crippen LogP contribution >= 0.6 is 11.6 Å². The summed E-state index contributed by atoms with van der Waals surface area (Å²) in [7, 11) is 4.00. The number of nitrogens with one attached hydrogen (secondary N) is 1. The van der Waals surface area contributed by atoms with Gasteiger partial charge in [-0.2, -0.15) is 4.98 Å². The number of aryl methyl sites for hydroxylation is 2. The Morgan fingerprint density at radius 2 is 1.84 bits per heavy atom. The highest BCUT2D eigenvalue weighted by atomic mass is 35.5. The molecular weight excluding hydrogens is 564 g/mol. The van der Waals surface area contributed by atoms with E-state index in [2.05, 4.69) is 50.1 Å². The Kier molecular flexibility index (Phi) is 7.98. The van der Waals surface area contributed by atoms with E-state index in [0.29, 0.717) is 39.1 Å². The topological polar surface area (TPSA) is 114 Å². The molecule has 220 valence electrons. The van der Waals surface area contributed by atoms with Crippen molar-refractivity contribution in [1.29, 1.82) is 0 Å². The van der Waals surface area contributed by atoms with Crippen molar-refractivity contribution in [2.45, 2.75) is 13.5 Å². The zero-order valence-electron chi connectivity index (χ0n) is 24.3. The number of carbonyl (C=O) groups is 1. The minimum Gasteiger partial charge on any atom is -0.437 e. The molecule has 10 nitrogen and oxygen atoms in total. The summed E-state index contributed by atoms with van der Waals surface area (Å²) >= 11 is 6.48. The summed E-state index contributed by atoms with van der Waals surface area (Å²) in [6.07, 6.45) is 1.65. The van der Waals surface area contributed by atoms with E-state index in [1.807, 2.05) is 31.3 Å². The van der Waals surface area contributed by atoms with Crippen molar-refractivity contribution < 1.29 is 9.53 Å². The number of hydrogen-bond donors (Lipinski definition) is 2. The monoisotopic (exact) mass is 596 g/mol. The molecule has 5 aromatic rings. The van der Waals surface area contributed by atoms with Crippen molar-refractivity contribution in [3.63, 3.8) is 0 Å². The minimum absolute atomic E-state index is 0.253. The molecule has 1 fully saturated rings. The van der Waals surface area contributed by atoms with Crippen LogP contribution in [0, 0.1) is 6.92 Å². The van der Waals surface area contributed by atoms with Gasteiger partial charge >= 0.3 is 0 Å². The van der Waals surface area contributed by atoms with Gasteiger partial charge in [0.25, 0.3) is 11.8 Å². The Balaban J connectivity index is 1.22. The average molecular weight is 597 g/mol. The van der Waals surface area contributed by atoms with Crippen LogP contribution < -0.4 is 15.8 Å².